The summed E-state index contributed by atoms with van der Waals surface area (Å²) in [5, 5.41) is 62.8. The first-order valence-electron chi connectivity index (χ1n) is 13.3. The number of hydrogen-bond acceptors (Lipinski definition) is 11. The van der Waals surface area contributed by atoms with Crippen LogP contribution in [-0.4, -0.2) is 104 Å². The first kappa shape index (κ1) is 27.4. The maximum Gasteiger partial charge on any atom is 0.306 e. The molecule has 16 unspecified atom stereocenters. The molecule has 2 saturated heterocycles. The highest BCUT2D eigenvalue weighted by atomic mass is 16.7. The van der Waals surface area contributed by atoms with Crippen molar-refractivity contribution in [2.45, 2.75) is 102 Å². The predicted molar refractivity (Wildman–Crippen MR) is 124 cm³/mol. The summed E-state index contributed by atoms with van der Waals surface area (Å²) in [4.78, 5) is 26.8. The first-order chi connectivity index (χ1) is 17.3. The topological polar surface area (TPSA) is 183 Å². The lowest BCUT2D eigenvalue weighted by molar-refractivity contribution is -0.317. The second-order valence-electron chi connectivity index (χ2n) is 12.5. The van der Waals surface area contributed by atoms with Gasteiger partial charge in [-0.25, -0.2) is 0 Å². The summed E-state index contributed by atoms with van der Waals surface area (Å²) < 4.78 is 17.3. The Balaban J connectivity index is 1.51. The number of rotatable bonds is 3. The van der Waals surface area contributed by atoms with Gasteiger partial charge < -0.3 is 44.8 Å². The molecule has 3 saturated carbocycles. The fourth-order valence-electron chi connectivity index (χ4n) is 8.85. The molecule has 37 heavy (non-hydrogen) atoms. The zero-order chi connectivity index (χ0) is 27.2. The van der Waals surface area contributed by atoms with E-state index in [0.29, 0.717) is 6.42 Å². The fraction of sp³-hybridized carbons (Fsp3) is 0.923. The van der Waals surface area contributed by atoms with Crippen LogP contribution in [0.15, 0.2) is 0 Å². The molecule has 0 radical (unpaired) electrons. The van der Waals surface area contributed by atoms with E-state index < -0.39 is 78.5 Å². The number of aliphatic hydroxyl groups is 6. The number of ether oxygens (including phenoxy) is 3. The normalized spacial score (nSPS) is 57.8. The van der Waals surface area contributed by atoms with E-state index in [-0.39, 0.29) is 48.3 Å². The molecule has 5 rings (SSSR count). The van der Waals surface area contributed by atoms with Gasteiger partial charge in [0.1, 0.15) is 36.6 Å². The molecule has 210 valence electrons. The van der Waals surface area contributed by atoms with Crippen molar-refractivity contribution in [3.8, 4) is 0 Å². The van der Waals surface area contributed by atoms with Crippen molar-refractivity contribution < 1.29 is 54.4 Å². The lowest BCUT2D eigenvalue weighted by atomic mass is 9.37. The van der Waals surface area contributed by atoms with E-state index in [1.807, 2.05) is 20.8 Å². The Kier molecular flexibility index (Phi) is 6.81. The third-order valence-corrected chi connectivity index (χ3v) is 10.8. The van der Waals surface area contributed by atoms with Crippen molar-refractivity contribution in [2.24, 2.45) is 40.4 Å². The quantitative estimate of drug-likeness (QED) is 0.190. The molecule has 0 amide bonds. The van der Waals surface area contributed by atoms with Gasteiger partial charge in [-0.05, 0) is 36.5 Å². The third kappa shape index (κ3) is 3.69. The zero-order valence-electron chi connectivity index (χ0n) is 21.6. The van der Waals surface area contributed by atoms with Gasteiger partial charge in [0.25, 0.3) is 0 Å². The van der Waals surface area contributed by atoms with Crippen LogP contribution in [0.5, 0.6) is 0 Å². The summed E-state index contributed by atoms with van der Waals surface area (Å²) in [6, 6.07) is 0. The third-order valence-electron chi connectivity index (χ3n) is 10.8. The lowest BCUT2D eigenvalue weighted by Crippen LogP contribution is -2.74. The van der Waals surface area contributed by atoms with Crippen LogP contribution in [0, 0.1) is 40.4 Å². The molecule has 0 spiro atoms. The molecule has 5 aliphatic rings. The Hall–Kier alpha value is -1.18. The van der Waals surface area contributed by atoms with Crippen molar-refractivity contribution in [1.82, 2.24) is 0 Å². The lowest BCUT2D eigenvalue weighted by Gasteiger charge is -2.69. The minimum absolute atomic E-state index is 0.101. The number of carbonyl (C=O) groups is 2. The average Bonchev–Trinajstić information content (AvgIpc) is 2.85. The van der Waals surface area contributed by atoms with Crippen LogP contribution in [0.4, 0.5) is 0 Å². The molecule has 2 aliphatic heterocycles. The number of fused-ring (bicyclic) bond motifs is 2. The summed E-state index contributed by atoms with van der Waals surface area (Å²) in [7, 11) is 0. The second kappa shape index (κ2) is 9.19. The standard InChI is InChI=1S/C26H40O11/c1-9-5-13(35-24-21(33)19(31)18(30)14(8-27)36-24)23(34)26(4)11(9)6-15-25(3)12(7-16(28)37-15)10(2)17(29)20(32)22(25)26/h9-15,17-22,24,27,29-33H,5-8H2,1-4H3. The van der Waals surface area contributed by atoms with Crippen LogP contribution in [0.3, 0.4) is 0 Å². The van der Waals surface area contributed by atoms with Gasteiger partial charge >= 0.3 is 5.97 Å². The Morgan fingerprint density at radius 3 is 2.24 bits per heavy atom. The zero-order valence-corrected chi connectivity index (χ0v) is 21.6. The molecule has 11 nitrogen and oxygen atoms in total. The van der Waals surface area contributed by atoms with E-state index >= 15 is 0 Å². The Bertz CT molecular complexity index is 926. The molecular formula is C26H40O11. The van der Waals surface area contributed by atoms with Gasteiger partial charge in [-0.15, -0.1) is 0 Å². The molecule has 0 aromatic rings. The van der Waals surface area contributed by atoms with Crippen LogP contribution >= 0.6 is 0 Å². The van der Waals surface area contributed by atoms with E-state index in [4.69, 9.17) is 14.2 Å². The minimum atomic E-state index is -1.65. The molecule has 0 bridgehead atoms. The molecule has 3 aliphatic carbocycles. The van der Waals surface area contributed by atoms with Crippen LogP contribution in [-0.2, 0) is 23.8 Å². The van der Waals surface area contributed by atoms with Gasteiger partial charge in [-0.3, -0.25) is 9.59 Å². The monoisotopic (exact) mass is 528 g/mol. The van der Waals surface area contributed by atoms with Crippen molar-refractivity contribution >= 4 is 11.8 Å². The number of aliphatic hydroxyl groups excluding tert-OH is 6. The largest absolute Gasteiger partial charge is 0.462 e. The number of ketones is 1. The van der Waals surface area contributed by atoms with E-state index in [1.165, 1.54) is 0 Å². The average molecular weight is 529 g/mol. The number of Topliss-reactive ketones (excluding diaryl/α,β-unsaturated/α-hetero) is 1. The molecule has 6 N–H and O–H groups in total. The molecule has 0 aromatic carbocycles. The van der Waals surface area contributed by atoms with Gasteiger partial charge in [-0.1, -0.05) is 27.7 Å². The Morgan fingerprint density at radius 1 is 0.919 bits per heavy atom. The summed E-state index contributed by atoms with van der Waals surface area (Å²) >= 11 is 0. The predicted octanol–water partition coefficient (Wildman–Crippen LogP) is -1.27. The Labute approximate surface area is 215 Å². The molecule has 5 fully saturated rings. The SMILES string of the molecule is CC1CC(OC2OC(CO)C(O)C(O)C2O)C(=O)C2(C)C1CC1OC(=O)CC3C(C)C(O)C(O)C2C13C. The molecular weight excluding hydrogens is 488 g/mol. The highest BCUT2D eigenvalue weighted by Crippen LogP contribution is 2.68. The second-order valence-corrected chi connectivity index (χ2v) is 12.5. The van der Waals surface area contributed by atoms with Crippen LogP contribution < -0.4 is 0 Å². The maximum atomic E-state index is 14.3. The highest BCUT2D eigenvalue weighted by molar-refractivity contribution is 5.91. The molecule has 11 heteroatoms. The summed E-state index contributed by atoms with van der Waals surface area (Å²) in [5.74, 6) is -2.40. The fourth-order valence-corrected chi connectivity index (χ4v) is 8.85. The van der Waals surface area contributed by atoms with Crippen LogP contribution in [0.25, 0.3) is 0 Å². The van der Waals surface area contributed by atoms with Gasteiger partial charge in [0.15, 0.2) is 12.1 Å². The maximum absolute atomic E-state index is 14.3. The summed E-state index contributed by atoms with van der Waals surface area (Å²) in [6.07, 6.45) is -10.6. The van der Waals surface area contributed by atoms with Crippen molar-refractivity contribution in [1.29, 1.82) is 0 Å². The number of esters is 1. The van der Waals surface area contributed by atoms with E-state index in [9.17, 15) is 40.2 Å². The molecule has 16 atom stereocenters. The number of hydrogen-bond donors (Lipinski definition) is 6. The van der Waals surface area contributed by atoms with E-state index in [0.717, 1.165) is 0 Å². The first-order valence-corrected chi connectivity index (χ1v) is 13.3. The summed E-state index contributed by atoms with van der Waals surface area (Å²) in [6.45, 7) is 6.90. The number of carbonyl (C=O) groups excluding carboxylic acids is 2. The smallest absolute Gasteiger partial charge is 0.306 e. The highest BCUT2D eigenvalue weighted by Gasteiger charge is 2.73. The van der Waals surface area contributed by atoms with E-state index in [1.54, 1.807) is 6.92 Å². The molecule has 2 heterocycles. The van der Waals surface area contributed by atoms with Crippen molar-refractivity contribution in [3.05, 3.63) is 0 Å². The van der Waals surface area contributed by atoms with Crippen LogP contribution in [0.1, 0.15) is 47.0 Å². The van der Waals surface area contributed by atoms with Gasteiger partial charge in [-0.2, -0.15) is 0 Å². The van der Waals surface area contributed by atoms with Crippen LogP contribution in [0.2, 0.25) is 0 Å². The van der Waals surface area contributed by atoms with Crippen molar-refractivity contribution in [3.63, 3.8) is 0 Å². The summed E-state index contributed by atoms with van der Waals surface area (Å²) in [5.41, 5.74) is -1.90. The van der Waals surface area contributed by atoms with E-state index in [2.05, 4.69) is 0 Å². The molecule has 0 aromatic heterocycles. The van der Waals surface area contributed by atoms with Gasteiger partial charge in [0.05, 0.1) is 18.8 Å². The van der Waals surface area contributed by atoms with Gasteiger partial charge in [0, 0.05) is 23.2 Å². The minimum Gasteiger partial charge on any atom is -0.462 e. The van der Waals surface area contributed by atoms with Crippen molar-refractivity contribution in [2.75, 3.05) is 6.61 Å². The Morgan fingerprint density at radius 2 is 1.59 bits per heavy atom. The van der Waals surface area contributed by atoms with Gasteiger partial charge in [0.2, 0.25) is 0 Å².